The maximum absolute atomic E-state index is 13.5. The number of rotatable bonds is 6. The molecule has 0 saturated heterocycles. The van der Waals surface area contributed by atoms with Gasteiger partial charge in [-0.05, 0) is 31.5 Å². The second kappa shape index (κ2) is 6.45. The maximum atomic E-state index is 13.5. The minimum Gasteiger partial charge on any atom is -0.488 e. The highest BCUT2D eigenvalue weighted by atomic mass is 19.1. The number of hydrogen-bond donors (Lipinski definition) is 1. The van der Waals surface area contributed by atoms with Crippen LogP contribution in [0.15, 0.2) is 18.2 Å². The van der Waals surface area contributed by atoms with Gasteiger partial charge in [-0.25, -0.2) is 4.39 Å². The van der Waals surface area contributed by atoms with Crippen molar-refractivity contribution >= 4 is 0 Å². The maximum Gasteiger partial charge on any atom is 0.165 e. The lowest BCUT2D eigenvalue weighted by atomic mass is 10.1. The molecule has 0 aliphatic heterocycles. The van der Waals surface area contributed by atoms with E-state index in [2.05, 4.69) is 0 Å². The first-order valence-electron chi connectivity index (χ1n) is 5.40. The predicted octanol–water partition coefficient (Wildman–Crippen LogP) is 2.26. The predicted molar refractivity (Wildman–Crippen MR) is 61.0 cm³/mol. The fraction of sp³-hybridized carbons (Fsp3) is 0.500. The van der Waals surface area contributed by atoms with Crippen LogP contribution in [-0.2, 0) is 4.74 Å². The van der Waals surface area contributed by atoms with Crippen LogP contribution in [0.3, 0.4) is 0 Å². The molecule has 3 nitrogen and oxygen atoms in total. The molecule has 1 rings (SSSR count). The van der Waals surface area contributed by atoms with Crippen LogP contribution in [0.4, 0.5) is 4.39 Å². The Bertz CT molecular complexity index is 329. The summed E-state index contributed by atoms with van der Waals surface area (Å²) in [5, 5.41) is 0. The zero-order valence-corrected chi connectivity index (χ0v) is 9.70. The van der Waals surface area contributed by atoms with Gasteiger partial charge in [0, 0.05) is 12.6 Å². The van der Waals surface area contributed by atoms with Crippen LogP contribution in [0.5, 0.6) is 5.75 Å². The van der Waals surface area contributed by atoms with Crippen LogP contribution in [0, 0.1) is 5.82 Å². The van der Waals surface area contributed by atoms with Gasteiger partial charge in [-0.1, -0.05) is 6.07 Å². The topological polar surface area (TPSA) is 44.5 Å². The monoisotopic (exact) mass is 227 g/mol. The van der Waals surface area contributed by atoms with Gasteiger partial charge in [0.15, 0.2) is 11.6 Å². The van der Waals surface area contributed by atoms with Gasteiger partial charge in [0.2, 0.25) is 0 Å². The Kier molecular flexibility index (Phi) is 5.22. The average Bonchev–Trinajstić information content (AvgIpc) is 2.26. The van der Waals surface area contributed by atoms with Crippen LogP contribution in [0.1, 0.15) is 25.5 Å². The third kappa shape index (κ3) is 3.79. The fourth-order valence-electron chi connectivity index (χ4n) is 1.27. The summed E-state index contributed by atoms with van der Waals surface area (Å²) in [4.78, 5) is 0. The Balaban J connectivity index is 2.54. The largest absolute Gasteiger partial charge is 0.488 e. The Labute approximate surface area is 95.4 Å². The zero-order chi connectivity index (χ0) is 12.0. The van der Waals surface area contributed by atoms with Gasteiger partial charge in [0.05, 0.1) is 6.61 Å². The molecule has 90 valence electrons. The number of halogens is 1. The van der Waals surface area contributed by atoms with Gasteiger partial charge in [-0.3, -0.25) is 0 Å². The highest BCUT2D eigenvalue weighted by Gasteiger charge is 2.06. The van der Waals surface area contributed by atoms with E-state index < -0.39 is 0 Å². The quantitative estimate of drug-likeness (QED) is 0.758. The molecule has 0 aliphatic rings. The number of hydrogen-bond acceptors (Lipinski definition) is 3. The molecule has 16 heavy (non-hydrogen) atoms. The lowest BCUT2D eigenvalue weighted by molar-refractivity contribution is 0.108. The summed E-state index contributed by atoms with van der Waals surface area (Å²) in [5.41, 5.74) is 6.40. The van der Waals surface area contributed by atoms with E-state index in [1.165, 1.54) is 6.07 Å². The first kappa shape index (κ1) is 12.9. The average molecular weight is 227 g/mol. The van der Waals surface area contributed by atoms with Gasteiger partial charge >= 0.3 is 0 Å². The van der Waals surface area contributed by atoms with E-state index in [-0.39, 0.29) is 17.6 Å². The third-order valence-corrected chi connectivity index (χ3v) is 2.17. The van der Waals surface area contributed by atoms with Crippen molar-refractivity contribution in [2.75, 3.05) is 19.8 Å². The van der Waals surface area contributed by atoms with E-state index in [1.807, 2.05) is 13.8 Å². The molecule has 0 spiro atoms. The number of nitrogens with two attached hydrogens (primary N) is 1. The molecular formula is C12H18FNO2. The van der Waals surface area contributed by atoms with Crippen molar-refractivity contribution in [3.63, 3.8) is 0 Å². The third-order valence-electron chi connectivity index (χ3n) is 2.17. The van der Waals surface area contributed by atoms with E-state index >= 15 is 0 Å². The standard InChI is InChI=1S/C12H18FNO2/c1-3-15-6-7-16-12-5-4-10(9(2)14)8-11(12)13/h4-5,8-9H,3,6-7,14H2,1-2H3. The minimum absolute atomic E-state index is 0.174. The van der Waals surface area contributed by atoms with E-state index in [1.54, 1.807) is 12.1 Å². The molecule has 0 aliphatic carbocycles. The zero-order valence-electron chi connectivity index (χ0n) is 9.70. The number of ether oxygens (including phenoxy) is 2. The van der Waals surface area contributed by atoms with Crippen molar-refractivity contribution in [2.45, 2.75) is 19.9 Å². The molecule has 1 unspecified atom stereocenters. The van der Waals surface area contributed by atoms with Crippen LogP contribution in [-0.4, -0.2) is 19.8 Å². The van der Waals surface area contributed by atoms with E-state index in [4.69, 9.17) is 15.2 Å². The summed E-state index contributed by atoms with van der Waals surface area (Å²) in [6.07, 6.45) is 0. The van der Waals surface area contributed by atoms with Crippen molar-refractivity contribution in [3.8, 4) is 5.75 Å². The highest BCUT2D eigenvalue weighted by molar-refractivity contribution is 5.30. The van der Waals surface area contributed by atoms with Crippen LogP contribution in [0.25, 0.3) is 0 Å². The lowest BCUT2D eigenvalue weighted by Crippen LogP contribution is -2.09. The van der Waals surface area contributed by atoms with Crippen LogP contribution in [0.2, 0.25) is 0 Å². The minimum atomic E-state index is -0.383. The first-order chi connectivity index (χ1) is 7.65. The SMILES string of the molecule is CCOCCOc1ccc(C(C)N)cc1F. The van der Waals surface area contributed by atoms with Crippen molar-refractivity contribution < 1.29 is 13.9 Å². The molecule has 0 radical (unpaired) electrons. The molecule has 1 atom stereocenters. The molecule has 0 bridgehead atoms. The molecular weight excluding hydrogens is 209 g/mol. The van der Waals surface area contributed by atoms with Gasteiger partial charge < -0.3 is 15.2 Å². The van der Waals surface area contributed by atoms with Gasteiger partial charge in [0.1, 0.15) is 6.61 Å². The Morgan fingerprint density at radius 3 is 2.69 bits per heavy atom. The summed E-state index contributed by atoms with van der Waals surface area (Å²) in [6.45, 7) is 5.16. The van der Waals surface area contributed by atoms with Crippen molar-refractivity contribution in [1.82, 2.24) is 0 Å². The van der Waals surface area contributed by atoms with Gasteiger partial charge in [0.25, 0.3) is 0 Å². The Hall–Kier alpha value is -1.13. The molecule has 1 aromatic carbocycles. The van der Waals surface area contributed by atoms with Gasteiger partial charge in [-0.15, -0.1) is 0 Å². The van der Waals surface area contributed by atoms with E-state index in [0.29, 0.717) is 19.8 Å². The number of benzene rings is 1. The summed E-state index contributed by atoms with van der Waals surface area (Å²) < 4.78 is 23.8. The normalized spacial score (nSPS) is 12.5. The van der Waals surface area contributed by atoms with E-state index in [0.717, 1.165) is 5.56 Å². The molecule has 0 fully saturated rings. The van der Waals surface area contributed by atoms with Crippen LogP contribution >= 0.6 is 0 Å². The Morgan fingerprint density at radius 1 is 1.38 bits per heavy atom. The van der Waals surface area contributed by atoms with Crippen LogP contribution < -0.4 is 10.5 Å². The molecule has 0 aromatic heterocycles. The Morgan fingerprint density at radius 2 is 2.12 bits per heavy atom. The summed E-state index contributed by atoms with van der Waals surface area (Å²) >= 11 is 0. The summed E-state index contributed by atoms with van der Waals surface area (Å²) in [6, 6.07) is 4.59. The lowest BCUT2D eigenvalue weighted by Gasteiger charge is -2.10. The fourth-order valence-corrected chi connectivity index (χ4v) is 1.27. The van der Waals surface area contributed by atoms with Gasteiger partial charge in [-0.2, -0.15) is 0 Å². The summed E-state index contributed by atoms with van der Waals surface area (Å²) in [5.74, 6) is -0.143. The molecule has 0 amide bonds. The van der Waals surface area contributed by atoms with E-state index in [9.17, 15) is 4.39 Å². The molecule has 2 N–H and O–H groups in total. The van der Waals surface area contributed by atoms with Crippen molar-refractivity contribution in [1.29, 1.82) is 0 Å². The summed E-state index contributed by atoms with van der Waals surface area (Å²) in [7, 11) is 0. The molecule has 4 heteroatoms. The molecule has 0 saturated carbocycles. The second-order valence-corrected chi connectivity index (χ2v) is 3.52. The van der Waals surface area contributed by atoms with Crippen molar-refractivity contribution in [2.24, 2.45) is 5.73 Å². The highest BCUT2D eigenvalue weighted by Crippen LogP contribution is 2.20. The molecule has 1 aromatic rings. The van der Waals surface area contributed by atoms with Crippen molar-refractivity contribution in [3.05, 3.63) is 29.6 Å². The second-order valence-electron chi connectivity index (χ2n) is 3.52. The first-order valence-corrected chi connectivity index (χ1v) is 5.40. The smallest absolute Gasteiger partial charge is 0.165 e. The molecule has 0 heterocycles.